The predicted octanol–water partition coefficient (Wildman–Crippen LogP) is 2.78. The molecule has 0 bridgehead atoms. The minimum Gasteiger partial charge on any atom is -0.497 e. The van der Waals surface area contributed by atoms with Crippen LogP contribution in [0.5, 0.6) is 11.5 Å². The first kappa shape index (κ1) is 21.7. The van der Waals surface area contributed by atoms with Crippen LogP contribution in [0.2, 0.25) is 0 Å². The zero-order chi connectivity index (χ0) is 21.5. The molecule has 1 saturated carbocycles. The maximum absolute atomic E-state index is 12.2. The summed E-state index contributed by atoms with van der Waals surface area (Å²) < 4.78 is 10.7. The Balaban J connectivity index is 1.42. The second-order valence-electron chi connectivity index (χ2n) is 7.82. The number of carbonyl (C=O) groups excluding carboxylic acids is 1. The monoisotopic (exact) mass is 413 g/mol. The van der Waals surface area contributed by atoms with E-state index in [9.17, 15) is 4.79 Å². The van der Waals surface area contributed by atoms with E-state index in [1.165, 1.54) is 0 Å². The number of hydrogen-bond donors (Lipinski definition) is 2. The van der Waals surface area contributed by atoms with Gasteiger partial charge in [-0.25, -0.2) is 4.98 Å². The third-order valence-corrected chi connectivity index (χ3v) is 5.21. The van der Waals surface area contributed by atoms with E-state index in [2.05, 4.69) is 20.6 Å². The Kier molecular flexibility index (Phi) is 7.32. The van der Waals surface area contributed by atoms with Gasteiger partial charge in [-0.1, -0.05) is 6.07 Å². The van der Waals surface area contributed by atoms with E-state index in [1.54, 1.807) is 13.2 Å². The molecule has 0 aliphatic heterocycles. The summed E-state index contributed by atoms with van der Waals surface area (Å²) in [5.74, 6) is 2.79. The molecule has 1 amide bonds. The highest BCUT2D eigenvalue weighted by Crippen LogP contribution is 2.23. The summed E-state index contributed by atoms with van der Waals surface area (Å²) in [4.78, 5) is 23.2. The molecule has 0 saturated heterocycles. The Morgan fingerprint density at radius 2 is 1.87 bits per heavy atom. The number of nitrogens with zero attached hydrogens (tertiary/aromatic N) is 3. The van der Waals surface area contributed by atoms with Crippen LogP contribution >= 0.6 is 0 Å². The number of methoxy groups -OCH3 is 1. The minimum absolute atomic E-state index is 0.00410. The van der Waals surface area contributed by atoms with Crippen LogP contribution in [-0.2, 0) is 4.79 Å². The maximum Gasteiger partial charge on any atom is 0.258 e. The van der Waals surface area contributed by atoms with Gasteiger partial charge < -0.3 is 25.0 Å². The second-order valence-corrected chi connectivity index (χ2v) is 7.82. The third-order valence-electron chi connectivity index (χ3n) is 5.21. The molecule has 1 aliphatic rings. The lowest BCUT2D eigenvalue weighted by molar-refractivity contribution is -0.124. The van der Waals surface area contributed by atoms with Crippen molar-refractivity contribution in [1.29, 1.82) is 0 Å². The smallest absolute Gasteiger partial charge is 0.258 e. The average Bonchev–Trinajstić information content (AvgIpc) is 2.75. The molecule has 0 radical (unpaired) electrons. The molecule has 8 heteroatoms. The highest BCUT2D eigenvalue weighted by molar-refractivity contribution is 5.77. The fourth-order valence-electron chi connectivity index (χ4n) is 3.63. The summed E-state index contributed by atoms with van der Waals surface area (Å²) in [5.41, 5.74) is 1.05. The number of aryl methyl sites for hydroxylation is 1. The van der Waals surface area contributed by atoms with Crippen molar-refractivity contribution in [1.82, 2.24) is 15.3 Å². The van der Waals surface area contributed by atoms with E-state index in [0.29, 0.717) is 23.5 Å². The molecular formula is C22H31N5O3. The first-order chi connectivity index (χ1) is 14.4. The van der Waals surface area contributed by atoms with E-state index >= 15 is 0 Å². The normalized spacial score (nSPS) is 18.4. The standard InChI is InChI=1S/C22H31N5O3/c1-15-13-23-22(26-21(15)27(2)3)25-17-10-8-16(9-11-17)24-20(28)14-30-19-7-5-6-18(12-19)29-4/h5-7,12-13,16-17H,8-11,14H2,1-4H3,(H,24,28)(H,23,25,26)/t16-,17+. The number of aromatic nitrogens is 2. The zero-order valence-corrected chi connectivity index (χ0v) is 18.1. The molecule has 0 unspecified atom stereocenters. The van der Waals surface area contributed by atoms with Crippen LogP contribution in [0.3, 0.4) is 0 Å². The molecule has 30 heavy (non-hydrogen) atoms. The lowest BCUT2D eigenvalue weighted by Crippen LogP contribution is -2.42. The van der Waals surface area contributed by atoms with Crippen LogP contribution in [-0.4, -0.2) is 55.8 Å². The second kappa shape index (κ2) is 10.1. The molecule has 1 aliphatic carbocycles. The summed E-state index contributed by atoms with van der Waals surface area (Å²) in [6, 6.07) is 7.72. The van der Waals surface area contributed by atoms with Gasteiger partial charge >= 0.3 is 0 Å². The average molecular weight is 414 g/mol. The van der Waals surface area contributed by atoms with E-state index in [1.807, 2.05) is 50.3 Å². The van der Waals surface area contributed by atoms with Crippen molar-refractivity contribution in [2.24, 2.45) is 0 Å². The zero-order valence-electron chi connectivity index (χ0n) is 18.1. The Bertz CT molecular complexity index is 850. The highest BCUT2D eigenvalue weighted by Gasteiger charge is 2.23. The van der Waals surface area contributed by atoms with E-state index < -0.39 is 0 Å². The fourth-order valence-corrected chi connectivity index (χ4v) is 3.63. The van der Waals surface area contributed by atoms with Crippen LogP contribution in [0.15, 0.2) is 30.5 Å². The fraction of sp³-hybridized carbons (Fsp3) is 0.500. The van der Waals surface area contributed by atoms with Crippen molar-refractivity contribution in [2.75, 3.05) is 38.0 Å². The lowest BCUT2D eigenvalue weighted by Gasteiger charge is -2.30. The molecular weight excluding hydrogens is 382 g/mol. The van der Waals surface area contributed by atoms with Crippen molar-refractivity contribution in [3.05, 3.63) is 36.0 Å². The summed E-state index contributed by atoms with van der Waals surface area (Å²) in [5, 5.41) is 6.51. The quantitative estimate of drug-likeness (QED) is 0.688. The van der Waals surface area contributed by atoms with Crippen LogP contribution in [0, 0.1) is 6.92 Å². The number of rotatable bonds is 8. The van der Waals surface area contributed by atoms with Gasteiger partial charge in [0.25, 0.3) is 5.91 Å². The van der Waals surface area contributed by atoms with Gasteiger partial charge in [0.15, 0.2) is 6.61 Å². The van der Waals surface area contributed by atoms with Gasteiger partial charge in [0.2, 0.25) is 5.95 Å². The SMILES string of the molecule is COc1cccc(OCC(=O)N[C@H]2CC[C@@H](Nc3ncc(C)c(N(C)C)n3)CC2)c1. The third kappa shape index (κ3) is 5.98. The Labute approximate surface area is 178 Å². The lowest BCUT2D eigenvalue weighted by atomic mass is 9.91. The van der Waals surface area contributed by atoms with Gasteiger partial charge in [-0.3, -0.25) is 4.79 Å². The van der Waals surface area contributed by atoms with Crippen molar-refractivity contribution in [3.8, 4) is 11.5 Å². The van der Waals surface area contributed by atoms with Gasteiger partial charge in [-0.15, -0.1) is 0 Å². The van der Waals surface area contributed by atoms with Crippen molar-refractivity contribution in [2.45, 2.75) is 44.7 Å². The number of nitrogens with one attached hydrogen (secondary N) is 2. The summed E-state index contributed by atoms with van der Waals surface area (Å²) in [6.45, 7) is 2.00. The maximum atomic E-state index is 12.2. The van der Waals surface area contributed by atoms with E-state index in [0.717, 1.165) is 37.1 Å². The molecule has 2 N–H and O–H groups in total. The number of carbonyl (C=O) groups is 1. The topological polar surface area (TPSA) is 88.6 Å². The summed E-state index contributed by atoms with van der Waals surface area (Å²) >= 11 is 0. The number of anilines is 2. The number of benzene rings is 1. The van der Waals surface area contributed by atoms with Gasteiger partial charge in [-0.05, 0) is 44.7 Å². The minimum atomic E-state index is -0.105. The highest BCUT2D eigenvalue weighted by atomic mass is 16.5. The summed E-state index contributed by atoms with van der Waals surface area (Å²) in [6.07, 6.45) is 5.58. The number of amides is 1. The van der Waals surface area contributed by atoms with Crippen molar-refractivity contribution < 1.29 is 14.3 Å². The van der Waals surface area contributed by atoms with Gasteiger partial charge in [-0.2, -0.15) is 4.98 Å². The van der Waals surface area contributed by atoms with E-state index in [-0.39, 0.29) is 18.6 Å². The van der Waals surface area contributed by atoms with Gasteiger partial charge in [0, 0.05) is 44.0 Å². The van der Waals surface area contributed by atoms with Gasteiger partial charge in [0.05, 0.1) is 7.11 Å². The van der Waals surface area contributed by atoms with Crippen LogP contribution in [0.4, 0.5) is 11.8 Å². The molecule has 1 aromatic carbocycles. The Morgan fingerprint density at radius 1 is 1.17 bits per heavy atom. The molecule has 0 spiro atoms. The first-order valence-corrected chi connectivity index (χ1v) is 10.3. The molecule has 8 nitrogen and oxygen atoms in total. The summed E-state index contributed by atoms with van der Waals surface area (Å²) in [7, 11) is 5.55. The van der Waals surface area contributed by atoms with Gasteiger partial charge in [0.1, 0.15) is 17.3 Å². The molecule has 1 fully saturated rings. The predicted molar refractivity (Wildman–Crippen MR) is 117 cm³/mol. The van der Waals surface area contributed by atoms with Crippen LogP contribution in [0.1, 0.15) is 31.2 Å². The molecule has 0 atom stereocenters. The molecule has 2 aromatic rings. The Morgan fingerprint density at radius 3 is 2.57 bits per heavy atom. The number of ether oxygens (including phenoxy) is 2. The largest absolute Gasteiger partial charge is 0.497 e. The van der Waals surface area contributed by atoms with Crippen molar-refractivity contribution in [3.63, 3.8) is 0 Å². The number of hydrogen-bond acceptors (Lipinski definition) is 7. The van der Waals surface area contributed by atoms with Crippen molar-refractivity contribution >= 4 is 17.7 Å². The molecule has 3 rings (SSSR count). The van der Waals surface area contributed by atoms with Crippen LogP contribution < -0.4 is 25.0 Å². The van der Waals surface area contributed by atoms with E-state index in [4.69, 9.17) is 9.47 Å². The Hall–Kier alpha value is -3.03. The molecule has 1 aromatic heterocycles. The van der Waals surface area contributed by atoms with Crippen LogP contribution in [0.25, 0.3) is 0 Å². The molecule has 162 valence electrons. The first-order valence-electron chi connectivity index (χ1n) is 10.3. The molecule has 1 heterocycles.